The minimum absolute atomic E-state index is 0.0680. The molecule has 2 saturated carbocycles. The molecule has 2 unspecified atom stereocenters. The predicted octanol–water partition coefficient (Wildman–Crippen LogP) is 2.43. The van der Waals surface area contributed by atoms with E-state index in [0.29, 0.717) is 16.8 Å². The molecule has 0 aliphatic heterocycles. The molecule has 17 heavy (non-hydrogen) atoms. The lowest BCUT2D eigenvalue weighted by molar-refractivity contribution is -0.118. The minimum atomic E-state index is -0.946. The minimum Gasteiger partial charge on any atom is -0.477 e. The van der Waals surface area contributed by atoms with E-state index in [1.165, 1.54) is 25.3 Å². The monoisotopic (exact) mass is 251 g/mol. The number of fused-ring (bicyclic) bond motifs is 1. The second-order valence-corrected chi connectivity index (χ2v) is 5.83. The van der Waals surface area contributed by atoms with Crippen molar-refractivity contribution in [2.75, 3.05) is 5.32 Å². The maximum atomic E-state index is 11.9. The molecular formula is C12H13NO3S. The van der Waals surface area contributed by atoms with E-state index >= 15 is 0 Å². The number of aromatic carboxylic acids is 1. The fourth-order valence-electron chi connectivity index (χ4n) is 2.94. The van der Waals surface area contributed by atoms with E-state index in [2.05, 4.69) is 5.32 Å². The van der Waals surface area contributed by atoms with Crippen LogP contribution in [0, 0.1) is 17.8 Å². The number of hydrogen-bond donors (Lipinski definition) is 2. The number of amides is 1. The quantitative estimate of drug-likeness (QED) is 0.867. The van der Waals surface area contributed by atoms with Gasteiger partial charge in [0.25, 0.3) is 0 Å². The Morgan fingerprint density at radius 2 is 2.00 bits per heavy atom. The van der Waals surface area contributed by atoms with Crippen molar-refractivity contribution in [1.82, 2.24) is 0 Å². The SMILES string of the molecule is O=C(O)c1ccc(NC(=O)C2C3CCCC32)s1. The lowest BCUT2D eigenvalue weighted by Crippen LogP contribution is -2.15. The molecule has 1 aromatic rings. The van der Waals surface area contributed by atoms with Crippen LogP contribution in [0.2, 0.25) is 0 Å². The molecule has 2 aliphatic rings. The van der Waals surface area contributed by atoms with E-state index in [1.54, 1.807) is 6.07 Å². The molecule has 5 heteroatoms. The highest BCUT2D eigenvalue weighted by atomic mass is 32.1. The Bertz CT molecular complexity index is 472. The van der Waals surface area contributed by atoms with Gasteiger partial charge in [0.2, 0.25) is 5.91 Å². The Morgan fingerprint density at radius 1 is 1.29 bits per heavy atom. The highest BCUT2D eigenvalue weighted by Crippen LogP contribution is 2.57. The van der Waals surface area contributed by atoms with Gasteiger partial charge in [-0.25, -0.2) is 4.79 Å². The summed E-state index contributed by atoms with van der Waals surface area (Å²) in [6.45, 7) is 0. The summed E-state index contributed by atoms with van der Waals surface area (Å²) < 4.78 is 0. The molecule has 2 N–H and O–H groups in total. The van der Waals surface area contributed by atoms with Gasteiger partial charge in [0.15, 0.2) is 0 Å². The van der Waals surface area contributed by atoms with Gasteiger partial charge in [0.1, 0.15) is 4.88 Å². The molecule has 1 aromatic heterocycles. The molecule has 0 spiro atoms. The standard InChI is InChI=1S/C12H13NO3S/c14-11(10-6-2-1-3-7(6)10)13-9-5-4-8(17-9)12(15)16/h4-7,10H,1-3H2,(H,13,14)(H,15,16). The van der Waals surface area contributed by atoms with Gasteiger partial charge in [0.05, 0.1) is 5.00 Å². The Kier molecular flexibility index (Phi) is 2.43. The van der Waals surface area contributed by atoms with Gasteiger partial charge < -0.3 is 10.4 Å². The van der Waals surface area contributed by atoms with Crippen molar-refractivity contribution >= 4 is 28.2 Å². The van der Waals surface area contributed by atoms with Crippen LogP contribution in [0.3, 0.4) is 0 Å². The van der Waals surface area contributed by atoms with E-state index in [4.69, 9.17) is 5.11 Å². The Balaban J connectivity index is 1.63. The van der Waals surface area contributed by atoms with Crippen LogP contribution in [0.1, 0.15) is 28.9 Å². The summed E-state index contributed by atoms with van der Waals surface area (Å²) in [7, 11) is 0. The largest absolute Gasteiger partial charge is 0.477 e. The van der Waals surface area contributed by atoms with Gasteiger partial charge >= 0.3 is 5.97 Å². The molecule has 0 bridgehead atoms. The summed E-state index contributed by atoms with van der Waals surface area (Å²) in [6.07, 6.45) is 3.60. The van der Waals surface area contributed by atoms with Gasteiger partial charge in [-0.15, -0.1) is 11.3 Å². The van der Waals surface area contributed by atoms with E-state index in [-0.39, 0.29) is 16.7 Å². The topological polar surface area (TPSA) is 66.4 Å². The van der Waals surface area contributed by atoms with Crippen LogP contribution in [0.4, 0.5) is 5.00 Å². The molecule has 2 atom stereocenters. The van der Waals surface area contributed by atoms with Crippen molar-refractivity contribution in [1.29, 1.82) is 0 Å². The highest BCUT2D eigenvalue weighted by molar-refractivity contribution is 7.18. The van der Waals surface area contributed by atoms with Crippen molar-refractivity contribution in [3.63, 3.8) is 0 Å². The molecule has 4 nitrogen and oxygen atoms in total. The van der Waals surface area contributed by atoms with Crippen molar-refractivity contribution in [3.05, 3.63) is 17.0 Å². The fraction of sp³-hybridized carbons (Fsp3) is 0.500. The van der Waals surface area contributed by atoms with Crippen molar-refractivity contribution in [2.45, 2.75) is 19.3 Å². The predicted molar refractivity (Wildman–Crippen MR) is 64.2 cm³/mol. The van der Waals surface area contributed by atoms with Gasteiger partial charge in [-0.1, -0.05) is 6.42 Å². The number of hydrogen-bond acceptors (Lipinski definition) is 3. The zero-order chi connectivity index (χ0) is 12.0. The summed E-state index contributed by atoms with van der Waals surface area (Å²) in [5.74, 6) is 0.485. The molecule has 1 amide bonds. The molecule has 0 saturated heterocycles. The molecule has 3 rings (SSSR count). The number of carbonyl (C=O) groups excluding carboxylic acids is 1. The number of anilines is 1. The smallest absolute Gasteiger partial charge is 0.345 e. The maximum Gasteiger partial charge on any atom is 0.345 e. The summed E-state index contributed by atoms with van der Waals surface area (Å²) in [5.41, 5.74) is 0. The third-order valence-electron chi connectivity index (χ3n) is 3.77. The lowest BCUT2D eigenvalue weighted by atomic mass is 10.1. The first-order chi connectivity index (χ1) is 8.16. The van der Waals surface area contributed by atoms with Crippen LogP contribution < -0.4 is 5.32 Å². The molecule has 0 aromatic carbocycles. The third kappa shape index (κ3) is 1.84. The third-order valence-corrected chi connectivity index (χ3v) is 4.76. The Morgan fingerprint density at radius 3 is 2.59 bits per heavy atom. The Labute approximate surface area is 103 Å². The second-order valence-electron chi connectivity index (χ2n) is 4.74. The first kappa shape index (κ1) is 10.8. The summed E-state index contributed by atoms with van der Waals surface area (Å²) in [4.78, 5) is 22.9. The van der Waals surface area contributed by atoms with Crippen LogP contribution in [-0.4, -0.2) is 17.0 Å². The van der Waals surface area contributed by atoms with E-state index < -0.39 is 5.97 Å². The lowest BCUT2D eigenvalue weighted by Gasteiger charge is -2.03. The molecule has 0 radical (unpaired) electrons. The number of thiophene rings is 1. The summed E-state index contributed by atoms with van der Waals surface area (Å²) >= 11 is 1.11. The molecule has 2 fully saturated rings. The van der Waals surface area contributed by atoms with E-state index in [0.717, 1.165) is 11.3 Å². The van der Waals surface area contributed by atoms with Crippen LogP contribution >= 0.6 is 11.3 Å². The number of rotatable bonds is 3. The fourth-order valence-corrected chi connectivity index (χ4v) is 3.68. The van der Waals surface area contributed by atoms with Gasteiger partial charge in [-0.05, 0) is 36.8 Å². The first-order valence-electron chi connectivity index (χ1n) is 5.81. The van der Waals surface area contributed by atoms with Crippen molar-refractivity contribution in [2.24, 2.45) is 17.8 Å². The van der Waals surface area contributed by atoms with Crippen molar-refractivity contribution < 1.29 is 14.7 Å². The second kappa shape index (κ2) is 3.84. The van der Waals surface area contributed by atoms with Gasteiger partial charge in [0, 0.05) is 5.92 Å². The van der Waals surface area contributed by atoms with Gasteiger partial charge in [-0.2, -0.15) is 0 Å². The number of carboxylic acids is 1. The number of carbonyl (C=O) groups is 2. The van der Waals surface area contributed by atoms with Crippen LogP contribution in [-0.2, 0) is 4.79 Å². The first-order valence-corrected chi connectivity index (χ1v) is 6.62. The number of carboxylic acid groups (broad SMARTS) is 1. The van der Waals surface area contributed by atoms with Crippen LogP contribution in [0.25, 0.3) is 0 Å². The normalized spacial score (nSPS) is 29.8. The van der Waals surface area contributed by atoms with E-state index in [1.807, 2.05) is 0 Å². The average Bonchev–Trinajstić information content (AvgIpc) is 2.72. The zero-order valence-electron chi connectivity index (χ0n) is 9.18. The maximum absolute atomic E-state index is 11.9. The molecule has 2 aliphatic carbocycles. The van der Waals surface area contributed by atoms with Crippen LogP contribution in [0.5, 0.6) is 0 Å². The zero-order valence-corrected chi connectivity index (χ0v) is 10.00. The van der Waals surface area contributed by atoms with E-state index in [9.17, 15) is 9.59 Å². The summed E-state index contributed by atoms with van der Waals surface area (Å²) in [5, 5.41) is 12.2. The van der Waals surface area contributed by atoms with Crippen LogP contribution in [0.15, 0.2) is 12.1 Å². The summed E-state index contributed by atoms with van der Waals surface area (Å²) in [6, 6.07) is 3.18. The number of nitrogens with one attached hydrogen (secondary N) is 1. The molecule has 1 heterocycles. The Hall–Kier alpha value is -1.36. The molecule has 90 valence electrons. The highest BCUT2D eigenvalue weighted by Gasteiger charge is 2.56. The average molecular weight is 251 g/mol. The molecular weight excluding hydrogens is 238 g/mol. The van der Waals surface area contributed by atoms with Crippen molar-refractivity contribution in [3.8, 4) is 0 Å². The van der Waals surface area contributed by atoms with Gasteiger partial charge in [-0.3, -0.25) is 4.79 Å².